The summed E-state index contributed by atoms with van der Waals surface area (Å²) in [7, 11) is 0. The van der Waals surface area contributed by atoms with Gasteiger partial charge in [-0.1, -0.05) is 37.3 Å². The number of benzene rings is 1. The lowest BCUT2D eigenvalue weighted by Crippen LogP contribution is -2.47. The SMILES string of the molecule is CC1(CNC2CC2c2ccccc2)CCN(C(=O)OC(C)(C)C)CC1. The predicted octanol–water partition coefficient (Wildman–Crippen LogP) is 4.17. The van der Waals surface area contributed by atoms with Gasteiger partial charge in [0.1, 0.15) is 5.60 Å². The molecular formula is C21H32N2O2. The monoisotopic (exact) mass is 344 g/mol. The maximum Gasteiger partial charge on any atom is 0.410 e. The average Bonchev–Trinajstić information content (AvgIpc) is 3.33. The van der Waals surface area contributed by atoms with Crippen molar-refractivity contribution < 1.29 is 9.53 Å². The third-order valence-corrected chi connectivity index (χ3v) is 5.43. The Bertz CT molecular complexity index is 586. The molecule has 1 saturated heterocycles. The fourth-order valence-corrected chi connectivity index (χ4v) is 3.60. The van der Waals surface area contributed by atoms with E-state index in [1.54, 1.807) is 0 Å². The van der Waals surface area contributed by atoms with Crippen LogP contribution in [0, 0.1) is 5.41 Å². The number of ether oxygens (including phenoxy) is 1. The molecule has 1 N–H and O–H groups in total. The largest absolute Gasteiger partial charge is 0.444 e. The molecule has 4 nitrogen and oxygen atoms in total. The van der Waals surface area contributed by atoms with E-state index in [4.69, 9.17) is 4.74 Å². The number of hydrogen-bond donors (Lipinski definition) is 1. The van der Waals surface area contributed by atoms with Crippen LogP contribution < -0.4 is 5.32 Å². The van der Waals surface area contributed by atoms with Gasteiger partial charge in [0.25, 0.3) is 0 Å². The van der Waals surface area contributed by atoms with Crippen molar-refractivity contribution in [2.45, 2.75) is 64.5 Å². The Morgan fingerprint density at radius 1 is 1.24 bits per heavy atom. The molecule has 2 unspecified atom stereocenters. The number of likely N-dealkylation sites (tertiary alicyclic amines) is 1. The van der Waals surface area contributed by atoms with E-state index < -0.39 is 5.60 Å². The maximum atomic E-state index is 12.2. The summed E-state index contributed by atoms with van der Waals surface area (Å²) < 4.78 is 5.49. The smallest absolute Gasteiger partial charge is 0.410 e. The van der Waals surface area contributed by atoms with Crippen LogP contribution >= 0.6 is 0 Å². The molecule has 0 aromatic heterocycles. The van der Waals surface area contributed by atoms with E-state index in [9.17, 15) is 4.79 Å². The molecule has 2 aliphatic rings. The molecule has 1 heterocycles. The summed E-state index contributed by atoms with van der Waals surface area (Å²) in [6.45, 7) is 10.7. The Morgan fingerprint density at radius 3 is 2.48 bits per heavy atom. The minimum absolute atomic E-state index is 0.172. The lowest BCUT2D eigenvalue weighted by molar-refractivity contribution is 0.0119. The van der Waals surface area contributed by atoms with Crippen LogP contribution in [0.3, 0.4) is 0 Å². The number of nitrogens with one attached hydrogen (secondary N) is 1. The molecule has 1 aromatic rings. The van der Waals surface area contributed by atoms with Gasteiger partial charge in [-0.2, -0.15) is 0 Å². The van der Waals surface area contributed by atoms with E-state index in [-0.39, 0.29) is 11.5 Å². The Kier molecular flexibility index (Phi) is 5.10. The molecule has 1 aliphatic carbocycles. The summed E-state index contributed by atoms with van der Waals surface area (Å²) in [6, 6.07) is 11.4. The van der Waals surface area contributed by atoms with Gasteiger partial charge >= 0.3 is 6.09 Å². The molecule has 1 aromatic carbocycles. The predicted molar refractivity (Wildman–Crippen MR) is 101 cm³/mol. The van der Waals surface area contributed by atoms with Gasteiger partial charge < -0.3 is 15.0 Å². The Balaban J connectivity index is 1.42. The highest BCUT2D eigenvalue weighted by Crippen LogP contribution is 2.41. The van der Waals surface area contributed by atoms with E-state index in [0.29, 0.717) is 12.0 Å². The zero-order valence-electron chi connectivity index (χ0n) is 16.0. The summed E-state index contributed by atoms with van der Waals surface area (Å²) in [6.07, 6.45) is 3.13. The number of amides is 1. The summed E-state index contributed by atoms with van der Waals surface area (Å²) in [5.74, 6) is 0.673. The van der Waals surface area contributed by atoms with Crippen LogP contribution in [-0.2, 0) is 4.74 Å². The Morgan fingerprint density at radius 2 is 1.88 bits per heavy atom. The Hall–Kier alpha value is -1.55. The number of rotatable bonds is 4. The number of hydrogen-bond acceptors (Lipinski definition) is 3. The van der Waals surface area contributed by atoms with Crippen molar-refractivity contribution in [2.75, 3.05) is 19.6 Å². The van der Waals surface area contributed by atoms with Crippen molar-refractivity contribution in [1.29, 1.82) is 0 Å². The molecule has 1 saturated carbocycles. The third kappa shape index (κ3) is 4.97. The van der Waals surface area contributed by atoms with E-state index >= 15 is 0 Å². The number of nitrogens with zero attached hydrogens (tertiary/aromatic N) is 1. The summed E-state index contributed by atoms with van der Waals surface area (Å²) in [5, 5.41) is 3.76. The molecule has 0 spiro atoms. The zero-order chi connectivity index (χ0) is 18.1. The third-order valence-electron chi connectivity index (χ3n) is 5.43. The van der Waals surface area contributed by atoms with E-state index in [1.165, 1.54) is 12.0 Å². The summed E-state index contributed by atoms with van der Waals surface area (Å²) in [4.78, 5) is 14.0. The molecule has 25 heavy (non-hydrogen) atoms. The standard InChI is InChI=1S/C21H32N2O2/c1-20(2,3)25-19(24)23-12-10-21(4,11-13-23)15-22-18-14-17(18)16-8-6-5-7-9-16/h5-9,17-18,22H,10-15H2,1-4H3. The van der Waals surface area contributed by atoms with Crippen LogP contribution in [0.2, 0.25) is 0 Å². The highest BCUT2D eigenvalue weighted by molar-refractivity contribution is 5.68. The first-order valence-electron chi connectivity index (χ1n) is 9.52. The van der Waals surface area contributed by atoms with Crippen molar-refractivity contribution in [3.63, 3.8) is 0 Å². The normalized spacial score (nSPS) is 25.5. The molecule has 138 valence electrons. The van der Waals surface area contributed by atoms with Crippen molar-refractivity contribution in [3.8, 4) is 0 Å². The van der Waals surface area contributed by atoms with Crippen LogP contribution in [0.4, 0.5) is 4.79 Å². The quantitative estimate of drug-likeness (QED) is 0.891. The number of piperidine rings is 1. The first kappa shape index (κ1) is 18.2. The van der Waals surface area contributed by atoms with Crippen LogP contribution in [-0.4, -0.2) is 42.3 Å². The second-order valence-electron chi connectivity index (χ2n) is 9.02. The molecule has 1 aliphatic heterocycles. The molecule has 2 fully saturated rings. The Labute approximate surface area is 151 Å². The maximum absolute atomic E-state index is 12.2. The van der Waals surface area contributed by atoms with Crippen molar-refractivity contribution in [1.82, 2.24) is 10.2 Å². The van der Waals surface area contributed by atoms with Gasteiger partial charge in [-0.25, -0.2) is 4.79 Å². The van der Waals surface area contributed by atoms with Gasteiger partial charge in [0.15, 0.2) is 0 Å². The van der Waals surface area contributed by atoms with Crippen molar-refractivity contribution in [3.05, 3.63) is 35.9 Å². The zero-order valence-corrected chi connectivity index (χ0v) is 16.0. The first-order chi connectivity index (χ1) is 11.8. The lowest BCUT2D eigenvalue weighted by atomic mass is 9.80. The fraction of sp³-hybridized carbons (Fsp3) is 0.667. The molecule has 2 atom stereocenters. The van der Waals surface area contributed by atoms with Crippen LogP contribution in [0.25, 0.3) is 0 Å². The second kappa shape index (κ2) is 6.99. The van der Waals surface area contributed by atoms with Crippen LogP contribution in [0.1, 0.15) is 58.4 Å². The molecule has 3 rings (SSSR count). The number of carbonyl (C=O) groups excluding carboxylic acids is 1. The van der Waals surface area contributed by atoms with Gasteiger partial charge in [-0.3, -0.25) is 0 Å². The first-order valence-corrected chi connectivity index (χ1v) is 9.52. The van der Waals surface area contributed by atoms with Crippen molar-refractivity contribution in [2.24, 2.45) is 5.41 Å². The van der Waals surface area contributed by atoms with Crippen molar-refractivity contribution >= 4 is 6.09 Å². The van der Waals surface area contributed by atoms with Gasteiger partial charge in [-0.15, -0.1) is 0 Å². The van der Waals surface area contributed by atoms with Gasteiger partial charge in [0.2, 0.25) is 0 Å². The van der Waals surface area contributed by atoms with E-state index in [1.807, 2.05) is 25.7 Å². The molecule has 1 amide bonds. The van der Waals surface area contributed by atoms with Crippen LogP contribution in [0.5, 0.6) is 0 Å². The highest BCUT2D eigenvalue weighted by atomic mass is 16.6. The highest BCUT2D eigenvalue weighted by Gasteiger charge is 2.40. The summed E-state index contributed by atoms with van der Waals surface area (Å²) in [5.41, 5.74) is 1.30. The minimum Gasteiger partial charge on any atom is -0.444 e. The molecule has 0 bridgehead atoms. The van der Waals surface area contributed by atoms with Gasteiger partial charge in [0, 0.05) is 31.6 Å². The van der Waals surface area contributed by atoms with Crippen LogP contribution in [0.15, 0.2) is 30.3 Å². The number of carbonyl (C=O) groups is 1. The molecule has 4 heteroatoms. The second-order valence-corrected chi connectivity index (χ2v) is 9.02. The summed E-state index contributed by atoms with van der Waals surface area (Å²) >= 11 is 0. The lowest BCUT2D eigenvalue weighted by Gasteiger charge is -2.40. The molecular weight excluding hydrogens is 312 g/mol. The van der Waals surface area contributed by atoms with Gasteiger partial charge in [-0.05, 0) is 51.0 Å². The molecule has 0 radical (unpaired) electrons. The average molecular weight is 344 g/mol. The van der Waals surface area contributed by atoms with Gasteiger partial charge in [0.05, 0.1) is 0 Å². The fourth-order valence-electron chi connectivity index (χ4n) is 3.60. The minimum atomic E-state index is -0.419. The van der Waals surface area contributed by atoms with E-state index in [0.717, 1.165) is 32.5 Å². The topological polar surface area (TPSA) is 41.6 Å². The van der Waals surface area contributed by atoms with E-state index in [2.05, 4.69) is 42.6 Å².